The molecule has 4 nitrogen and oxygen atoms in total. The van der Waals surface area contributed by atoms with Crippen molar-refractivity contribution in [1.82, 2.24) is 10.2 Å². The molecule has 0 unspecified atom stereocenters. The lowest BCUT2D eigenvalue weighted by Gasteiger charge is -2.34. The molecule has 0 fully saturated rings. The predicted molar refractivity (Wildman–Crippen MR) is 145 cm³/mol. The molecule has 0 heterocycles. The zero-order valence-corrected chi connectivity index (χ0v) is 22.0. The lowest BCUT2D eigenvalue weighted by atomic mass is 10.00. The summed E-state index contributed by atoms with van der Waals surface area (Å²) in [6, 6.07) is 27.6. The van der Waals surface area contributed by atoms with Gasteiger partial charge in [-0.2, -0.15) is 0 Å². The van der Waals surface area contributed by atoms with E-state index in [2.05, 4.69) is 23.5 Å². The van der Waals surface area contributed by atoms with Crippen LogP contribution in [0.15, 0.2) is 89.8 Å². The molecule has 3 aromatic rings. The number of carbonyl (C=O) groups excluding carboxylic acids is 2. The number of nitrogens with zero attached hydrogens (tertiary/aromatic N) is 1. The molecular weight excluding hydrogens is 452 g/mol. The maximum absolute atomic E-state index is 13.7. The van der Waals surface area contributed by atoms with Gasteiger partial charge < -0.3 is 10.2 Å². The number of hydrogen-bond acceptors (Lipinski definition) is 3. The molecule has 1 N–H and O–H groups in total. The highest BCUT2D eigenvalue weighted by Crippen LogP contribution is 2.21. The second-order valence-electron chi connectivity index (χ2n) is 9.87. The monoisotopic (exact) mass is 488 g/mol. The normalized spacial score (nSPS) is 12.1. The molecule has 1 atom stereocenters. The molecule has 0 bridgehead atoms. The predicted octanol–water partition coefficient (Wildman–Crippen LogP) is 6.03. The zero-order valence-electron chi connectivity index (χ0n) is 21.2. The van der Waals surface area contributed by atoms with Crippen molar-refractivity contribution in [1.29, 1.82) is 0 Å². The molecule has 2 amide bonds. The van der Waals surface area contributed by atoms with Gasteiger partial charge in [0.1, 0.15) is 6.04 Å². The number of carbonyl (C=O) groups is 2. The Hall–Kier alpha value is -3.05. The molecule has 3 rings (SSSR count). The summed E-state index contributed by atoms with van der Waals surface area (Å²) < 4.78 is 0. The van der Waals surface area contributed by atoms with Crippen molar-refractivity contribution in [2.24, 2.45) is 0 Å². The van der Waals surface area contributed by atoms with Crippen molar-refractivity contribution in [2.75, 3.05) is 5.75 Å². The molecule has 0 aliphatic heterocycles. The Labute approximate surface area is 214 Å². The van der Waals surface area contributed by atoms with E-state index < -0.39 is 11.6 Å². The molecule has 184 valence electrons. The van der Waals surface area contributed by atoms with Gasteiger partial charge in [0.15, 0.2) is 0 Å². The first-order valence-electron chi connectivity index (χ1n) is 12.1. The van der Waals surface area contributed by atoms with Crippen LogP contribution in [0.5, 0.6) is 0 Å². The molecule has 0 saturated carbocycles. The summed E-state index contributed by atoms with van der Waals surface area (Å²) in [4.78, 5) is 30.1. The minimum Gasteiger partial charge on any atom is -0.350 e. The Morgan fingerprint density at radius 3 is 2.14 bits per heavy atom. The van der Waals surface area contributed by atoms with Crippen molar-refractivity contribution in [3.63, 3.8) is 0 Å². The first kappa shape index (κ1) is 26.6. The van der Waals surface area contributed by atoms with Crippen LogP contribution in [0.2, 0.25) is 0 Å². The molecule has 3 aromatic carbocycles. The number of rotatable bonds is 10. The minimum absolute atomic E-state index is 0.0140. The molecule has 5 heteroatoms. The molecule has 35 heavy (non-hydrogen) atoms. The number of aryl methyl sites for hydroxylation is 1. The van der Waals surface area contributed by atoms with E-state index in [0.717, 1.165) is 21.6 Å². The molecule has 0 aliphatic rings. The van der Waals surface area contributed by atoms with Crippen molar-refractivity contribution in [3.8, 4) is 0 Å². The van der Waals surface area contributed by atoms with Gasteiger partial charge in [-0.1, -0.05) is 78.4 Å². The Bertz CT molecular complexity index is 1090. The van der Waals surface area contributed by atoms with Crippen LogP contribution in [0.1, 0.15) is 43.9 Å². The van der Waals surface area contributed by atoms with Crippen molar-refractivity contribution in [3.05, 3.63) is 102 Å². The van der Waals surface area contributed by atoms with Crippen LogP contribution in [0.4, 0.5) is 0 Å². The van der Waals surface area contributed by atoms with Gasteiger partial charge in [-0.3, -0.25) is 9.59 Å². The first-order chi connectivity index (χ1) is 16.7. The van der Waals surface area contributed by atoms with Crippen molar-refractivity contribution >= 4 is 23.6 Å². The summed E-state index contributed by atoms with van der Waals surface area (Å²) in [6.07, 6.45) is 0.825. The van der Waals surface area contributed by atoms with Gasteiger partial charge in [-0.25, -0.2) is 0 Å². The number of thioether (sulfide) groups is 1. The average Bonchev–Trinajstić information content (AvgIpc) is 2.81. The van der Waals surface area contributed by atoms with Crippen LogP contribution < -0.4 is 5.32 Å². The minimum atomic E-state index is -0.605. The number of amides is 2. The van der Waals surface area contributed by atoms with E-state index in [-0.39, 0.29) is 11.8 Å². The van der Waals surface area contributed by atoms with E-state index in [1.165, 1.54) is 0 Å². The third kappa shape index (κ3) is 8.91. The molecule has 0 spiro atoms. The SMILES string of the molecule is Cc1cccc(CN(C(=O)CCSc2ccccc2)[C@@H](Cc2ccccc2)C(=O)NC(C)(C)C)c1. The second-order valence-corrected chi connectivity index (χ2v) is 11.0. The van der Waals surface area contributed by atoms with Crippen LogP contribution in [-0.4, -0.2) is 34.0 Å². The summed E-state index contributed by atoms with van der Waals surface area (Å²) in [5.74, 6) is 0.518. The Morgan fingerprint density at radius 1 is 0.886 bits per heavy atom. The Morgan fingerprint density at radius 2 is 1.51 bits per heavy atom. The number of benzene rings is 3. The fourth-order valence-electron chi connectivity index (χ4n) is 3.93. The highest BCUT2D eigenvalue weighted by atomic mass is 32.2. The lowest BCUT2D eigenvalue weighted by molar-refractivity contribution is -0.141. The second kappa shape index (κ2) is 12.6. The van der Waals surface area contributed by atoms with Crippen LogP contribution in [0.25, 0.3) is 0 Å². The number of hydrogen-bond donors (Lipinski definition) is 1. The van der Waals surface area contributed by atoms with E-state index in [4.69, 9.17) is 0 Å². The molecule has 0 saturated heterocycles. The summed E-state index contributed by atoms with van der Waals surface area (Å²) in [7, 11) is 0. The summed E-state index contributed by atoms with van der Waals surface area (Å²) in [5, 5.41) is 3.12. The third-order valence-electron chi connectivity index (χ3n) is 5.53. The third-order valence-corrected chi connectivity index (χ3v) is 6.55. The molecule has 0 aliphatic carbocycles. The van der Waals surface area contributed by atoms with E-state index in [9.17, 15) is 9.59 Å². The van der Waals surface area contributed by atoms with Crippen LogP contribution in [-0.2, 0) is 22.6 Å². The fraction of sp³-hybridized carbons (Fsp3) is 0.333. The van der Waals surface area contributed by atoms with E-state index in [0.29, 0.717) is 25.1 Å². The highest BCUT2D eigenvalue weighted by molar-refractivity contribution is 7.99. The van der Waals surface area contributed by atoms with Crippen molar-refractivity contribution < 1.29 is 9.59 Å². The van der Waals surface area contributed by atoms with E-state index in [1.54, 1.807) is 16.7 Å². The van der Waals surface area contributed by atoms with Crippen LogP contribution in [0, 0.1) is 6.92 Å². The zero-order chi connectivity index (χ0) is 25.3. The number of nitrogens with one attached hydrogen (secondary N) is 1. The van der Waals surface area contributed by atoms with Crippen LogP contribution >= 0.6 is 11.8 Å². The standard InChI is InChI=1S/C30H36N2O2S/c1-23-12-11-15-25(20-23)22-32(28(33)18-19-35-26-16-9-6-10-17-26)27(29(34)31-30(2,3)4)21-24-13-7-5-8-14-24/h5-17,20,27H,18-19,21-22H2,1-4H3,(H,31,34)/t27-/m0/s1. The van der Waals surface area contributed by atoms with Crippen LogP contribution in [0.3, 0.4) is 0 Å². The van der Waals surface area contributed by atoms with Gasteiger partial charge in [0.2, 0.25) is 11.8 Å². The van der Waals surface area contributed by atoms with E-state index in [1.807, 2.05) is 94.4 Å². The molecule has 0 aromatic heterocycles. The van der Waals surface area contributed by atoms with Gasteiger partial charge in [0.05, 0.1) is 0 Å². The van der Waals surface area contributed by atoms with Gasteiger partial charge in [0, 0.05) is 35.6 Å². The van der Waals surface area contributed by atoms with E-state index >= 15 is 0 Å². The smallest absolute Gasteiger partial charge is 0.243 e. The molecule has 0 radical (unpaired) electrons. The van der Waals surface area contributed by atoms with Gasteiger partial charge in [-0.05, 0) is 51.0 Å². The maximum Gasteiger partial charge on any atom is 0.243 e. The fourth-order valence-corrected chi connectivity index (χ4v) is 4.79. The Kier molecular flexibility index (Phi) is 9.55. The summed E-state index contributed by atoms with van der Waals surface area (Å²) >= 11 is 1.66. The van der Waals surface area contributed by atoms with Gasteiger partial charge in [-0.15, -0.1) is 11.8 Å². The first-order valence-corrected chi connectivity index (χ1v) is 13.1. The quantitative estimate of drug-likeness (QED) is 0.354. The summed E-state index contributed by atoms with van der Waals surface area (Å²) in [5.41, 5.74) is 2.79. The van der Waals surface area contributed by atoms with Gasteiger partial charge in [0.25, 0.3) is 0 Å². The Balaban J connectivity index is 1.87. The average molecular weight is 489 g/mol. The topological polar surface area (TPSA) is 49.4 Å². The van der Waals surface area contributed by atoms with Gasteiger partial charge >= 0.3 is 0 Å². The molecular formula is C30H36N2O2S. The summed E-state index contributed by atoms with van der Waals surface area (Å²) in [6.45, 7) is 8.33. The maximum atomic E-state index is 13.7. The highest BCUT2D eigenvalue weighted by Gasteiger charge is 2.32. The van der Waals surface area contributed by atoms with Crippen molar-refractivity contribution in [2.45, 2.75) is 63.6 Å². The lowest BCUT2D eigenvalue weighted by Crippen LogP contribution is -2.54. The largest absolute Gasteiger partial charge is 0.350 e.